The van der Waals surface area contributed by atoms with Crippen molar-refractivity contribution in [3.63, 3.8) is 0 Å². The number of hydrogen-bond acceptors (Lipinski definition) is 4. The van der Waals surface area contributed by atoms with Crippen molar-refractivity contribution in [3.05, 3.63) is 29.8 Å². The number of hydrogen-bond donors (Lipinski definition) is 1. The predicted molar refractivity (Wildman–Crippen MR) is 92.8 cm³/mol. The summed E-state index contributed by atoms with van der Waals surface area (Å²) < 4.78 is 5.19. The first-order valence-corrected chi connectivity index (χ1v) is 8.95. The van der Waals surface area contributed by atoms with Gasteiger partial charge in [-0.15, -0.1) is 0 Å². The molecule has 132 valence electrons. The summed E-state index contributed by atoms with van der Waals surface area (Å²) in [4.78, 5) is 17.1. The van der Waals surface area contributed by atoms with E-state index < -0.39 is 0 Å². The summed E-state index contributed by atoms with van der Waals surface area (Å²) >= 11 is 0. The Bertz CT molecular complexity index is 534. The zero-order valence-electron chi connectivity index (χ0n) is 14.5. The quantitative estimate of drug-likeness (QED) is 0.828. The highest BCUT2D eigenvalue weighted by atomic mass is 16.5. The molecule has 1 aliphatic heterocycles. The molecule has 1 saturated carbocycles. The number of piperidine rings is 1. The molecule has 1 N–H and O–H groups in total. The highest BCUT2D eigenvalue weighted by Crippen LogP contribution is 2.29. The van der Waals surface area contributed by atoms with E-state index in [0.717, 1.165) is 50.1 Å². The Labute approximate surface area is 144 Å². The topological polar surface area (TPSA) is 53.0 Å². The van der Waals surface area contributed by atoms with E-state index in [-0.39, 0.29) is 12.5 Å². The van der Waals surface area contributed by atoms with E-state index in [1.807, 2.05) is 29.2 Å². The molecule has 2 aliphatic rings. The van der Waals surface area contributed by atoms with Crippen LogP contribution in [0.3, 0.4) is 0 Å². The third kappa shape index (κ3) is 4.48. The fourth-order valence-electron chi connectivity index (χ4n) is 3.34. The molecule has 0 aromatic heterocycles. The zero-order valence-corrected chi connectivity index (χ0v) is 14.5. The molecule has 1 aliphatic carbocycles. The van der Waals surface area contributed by atoms with E-state index in [1.54, 1.807) is 7.11 Å². The number of nitrogens with zero attached hydrogens (tertiary/aromatic N) is 2. The average Bonchev–Trinajstić information content (AvgIpc) is 3.45. The minimum atomic E-state index is 0.232. The molecule has 3 rings (SSSR count). The molecule has 1 saturated heterocycles. The Balaban J connectivity index is 1.55. The van der Waals surface area contributed by atoms with Gasteiger partial charge in [-0.2, -0.15) is 0 Å². The lowest BCUT2D eigenvalue weighted by molar-refractivity contribution is -0.134. The van der Waals surface area contributed by atoms with Gasteiger partial charge in [-0.1, -0.05) is 12.1 Å². The molecule has 0 unspecified atom stereocenters. The standard InChI is InChI=1S/C19H28N2O3/c1-24-18-6-2-15(3-7-18)12-21(17-4-5-17)19(23)13-20-10-8-16(14-22)9-11-20/h2-3,6-7,16-17,22H,4-5,8-14H2,1H3. The first-order chi connectivity index (χ1) is 11.7. The number of ether oxygens (including phenoxy) is 1. The van der Waals surface area contributed by atoms with Crippen LogP contribution in [0.15, 0.2) is 24.3 Å². The van der Waals surface area contributed by atoms with E-state index in [2.05, 4.69) is 4.90 Å². The van der Waals surface area contributed by atoms with Crippen LogP contribution in [0.1, 0.15) is 31.2 Å². The maximum atomic E-state index is 12.8. The van der Waals surface area contributed by atoms with Gasteiger partial charge in [0.05, 0.1) is 13.7 Å². The number of rotatable bonds is 7. The molecule has 1 aromatic carbocycles. The second kappa shape index (κ2) is 7.99. The second-order valence-corrected chi connectivity index (χ2v) is 7.00. The Kier molecular flexibility index (Phi) is 5.74. The highest BCUT2D eigenvalue weighted by molar-refractivity contribution is 5.79. The molecular formula is C19H28N2O3. The largest absolute Gasteiger partial charge is 0.497 e. The molecule has 1 heterocycles. The van der Waals surface area contributed by atoms with Crippen LogP contribution in [0.25, 0.3) is 0 Å². The number of methoxy groups -OCH3 is 1. The number of carbonyl (C=O) groups excluding carboxylic acids is 1. The normalized spacial score (nSPS) is 19.2. The summed E-state index contributed by atoms with van der Waals surface area (Å²) in [6.07, 6.45) is 4.22. The van der Waals surface area contributed by atoms with Crippen molar-refractivity contribution in [1.82, 2.24) is 9.80 Å². The number of likely N-dealkylation sites (tertiary alicyclic amines) is 1. The first-order valence-electron chi connectivity index (χ1n) is 8.95. The molecule has 0 bridgehead atoms. The minimum absolute atomic E-state index is 0.232. The second-order valence-electron chi connectivity index (χ2n) is 7.00. The van der Waals surface area contributed by atoms with Crippen molar-refractivity contribution >= 4 is 5.91 Å². The van der Waals surface area contributed by atoms with Crippen molar-refractivity contribution in [1.29, 1.82) is 0 Å². The van der Waals surface area contributed by atoms with Crippen LogP contribution in [0.2, 0.25) is 0 Å². The molecule has 0 radical (unpaired) electrons. The maximum Gasteiger partial charge on any atom is 0.237 e. The molecule has 5 heteroatoms. The van der Waals surface area contributed by atoms with Gasteiger partial charge in [0.1, 0.15) is 5.75 Å². The Morgan fingerprint density at radius 2 is 1.88 bits per heavy atom. The smallest absolute Gasteiger partial charge is 0.237 e. The molecule has 1 amide bonds. The fraction of sp³-hybridized carbons (Fsp3) is 0.632. The average molecular weight is 332 g/mol. The van der Waals surface area contributed by atoms with Gasteiger partial charge >= 0.3 is 0 Å². The van der Waals surface area contributed by atoms with E-state index in [4.69, 9.17) is 4.74 Å². The highest BCUT2D eigenvalue weighted by Gasteiger charge is 2.33. The molecule has 0 spiro atoms. The van der Waals surface area contributed by atoms with E-state index >= 15 is 0 Å². The summed E-state index contributed by atoms with van der Waals surface area (Å²) in [5.41, 5.74) is 1.15. The van der Waals surface area contributed by atoms with Crippen molar-refractivity contribution in [2.75, 3.05) is 33.4 Å². The van der Waals surface area contributed by atoms with E-state index in [1.165, 1.54) is 0 Å². The van der Waals surface area contributed by atoms with Crippen molar-refractivity contribution in [3.8, 4) is 5.75 Å². The molecular weight excluding hydrogens is 304 g/mol. The van der Waals surface area contributed by atoms with Crippen LogP contribution in [0.5, 0.6) is 5.75 Å². The Morgan fingerprint density at radius 1 is 1.21 bits per heavy atom. The molecule has 1 aromatic rings. The van der Waals surface area contributed by atoms with E-state index in [0.29, 0.717) is 25.0 Å². The van der Waals surface area contributed by atoms with Gasteiger partial charge in [0.2, 0.25) is 5.91 Å². The SMILES string of the molecule is COc1ccc(CN(C(=O)CN2CCC(CO)CC2)C2CC2)cc1. The lowest BCUT2D eigenvalue weighted by Crippen LogP contribution is -2.44. The summed E-state index contributed by atoms with van der Waals surface area (Å²) in [7, 11) is 1.66. The van der Waals surface area contributed by atoms with Gasteiger partial charge in [-0.3, -0.25) is 9.69 Å². The summed E-state index contributed by atoms with van der Waals surface area (Å²) in [5, 5.41) is 9.23. The van der Waals surface area contributed by atoms with Crippen LogP contribution < -0.4 is 4.74 Å². The van der Waals surface area contributed by atoms with Gasteiger partial charge in [0, 0.05) is 19.2 Å². The third-order valence-electron chi connectivity index (χ3n) is 5.14. The fourth-order valence-corrected chi connectivity index (χ4v) is 3.34. The molecule has 5 nitrogen and oxygen atoms in total. The molecule has 2 fully saturated rings. The molecule has 24 heavy (non-hydrogen) atoms. The number of aliphatic hydroxyl groups is 1. The lowest BCUT2D eigenvalue weighted by Gasteiger charge is -2.32. The zero-order chi connectivity index (χ0) is 16.9. The summed E-state index contributed by atoms with van der Waals surface area (Å²) in [6.45, 7) is 3.29. The lowest BCUT2D eigenvalue weighted by atomic mass is 9.98. The van der Waals surface area contributed by atoms with Crippen LogP contribution in [0, 0.1) is 5.92 Å². The van der Waals surface area contributed by atoms with Gasteiger partial charge in [-0.05, 0) is 62.4 Å². The van der Waals surface area contributed by atoms with Gasteiger partial charge in [0.25, 0.3) is 0 Å². The van der Waals surface area contributed by atoms with Gasteiger partial charge < -0.3 is 14.7 Å². The van der Waals surface area contributed by atoms with Crippen LogP contribution in [-0.4, -0.2) is 60.2 Å². The number of amides is 1. The summed E-state index contributed by atoms with van der Waals surface area (Å²) in [6, 6.07) is 8.38. The number of aliphatic hydroxyl groups excluding tert-OH is 1. The van der Waals surface area contributed by atoms with Crippen LogP contribution >= 0.6 is 0 Å². The van der Waals surface area contributed by atoms with Crippen molar-refractivity contribution < 1.29 is 14.6 Å². The van der Waals surface area contributed by atoms with Crippen molar-refractivity contribution in [2.24, 2.45) is 5.92 Å². The number of benzene rings is 1. The minimum Gasteiger partial charge on any atom is -0.497 e. The van der Waals surface area contributed by atoms with Gasteiger partial charge in [0.15, 0.2) is 0 Å². The van der Waals surface area contributed by atoms with Crippen LogP contribution in [0.4, 0.5) is 0 Å². The number of carbonyl (C=O) groups is 1. The van der Waals surface area contributed by atoms with Crippen LogP contribution in [-0.2, 0) is 11.3 Å². The van der Waals surface area contributed by atoms with Crippen molar-refractivity contribution in [2.45, 2.75) is 38.3 Å². The third-order valence-corrected chi connectivity index (χ3v) is 5.14. The monoisotopic (exact) mass is 332 g/mol. The predicted octanol–water partition coefficient (Wildman–Crippen LogP) is 1.89. The maximum absolute atomic E-state index is 12.8. The van der Waals surface area contributed by atoms with Gasteiger partial charge in [-0.25, -0.2) is 0 Å². The summed E-state index contributed by atoms with van der Waals surface area (Å²) in [5.74, 6) is 1.49. The Morgan fingerprint density at radius 3 is 2.42 bits per heavy atom. The Hall–Kier alpha value is -1.59. The van der Waals surface area contributed by atoms with E-state index in [9.17, 15) is 9.90 Å². The first kappa shape index (κ1) is 17.2. The molecule has 0 atom stereocenters.